The van der Waals surface area contributed by atoms with Crippen molar-refractivity contribution in [3.8, 4) is 17.2 Å². The number of ether oxygens (including phenoxy) is 2. The Morgan fingerprint density at radius 3 is 2.64 bits per heavy atom. The van der Waals surface area contributed by atoms with Crippen LogP contribution in [-0.4, -0.2) is 40.3 Å². The van der Waals surface area contributed by atoms with E-state index >= 15 is 0 Å². The molecule has 8 nitrogen and oxygen atoms in total. The van der Waals surface area contributed by atoms with E-state index in [1.165, 1.54) is 0 Å². The maximum absolute atomic E-state index is 14.4. The van der Waals surface area contributed by atoms with Crippen LogP contribution in [-0.2, 0) is 26.8 Å². The molecule has 0 aliphatic carbocycles. The smallest absolute Gasteiger partial charge is 0.236 e. The number of nitrogens with one attached hydrogen (secondary N) is 2. The molecule has 3 heterocycles. The van der Waals surface area contributed by atoms with Crippen molar-refractivity contribution in [3.63, 3.8) is 0 Å². The highest BCUT2D eigenvalue weighted by Gasteiger charge is 2.41. The molecule has 2 N–H and O–H groups in total. The number of thioether (sulfide) groups is 1. The van der Waals surface area contributed by atoms with Crippen LogP contribution < -0.4 is 15.4 Å². The topological polar surface area (TPSA) is 90.3 Å². The highest BCUT2D eigenvalue weighted by atomic mass is 35.5. The van der Waals surface area contributed by atoms with Crippen LogP contribution in [0.1, 0.15) is 64.8 Å². The number of aromatic nitrogens is 3. The molecule has 2 aromatic carbocycles. The van der Waals surface area contributed by atoms with Crippen LogP contribution in [0.4, 0.5) is 11.6 Å². The van der Waals surface area contributed by atoms with Crippen LogP contribution >= 0.6 is 23.4 Å². The Morgan fingerprint density at radius 2 is 1.93 bits per heavy atom. The van der Waals surface area contributed by atoms with Crippen LogP contribution in [0.25, 0.3) is 5.69 Å². The molecule has 45 heavy (non-hydrogen) atoms. The first-order valence-electron chi connectivity index (χ1n) is 15.3. The lowest BCUT2D eigenvalue weighted by Crippen LogP contribution is -2.42. The normalized spacial score (nSPS) is 15.0. The molecule has 0 spiro atoms. The number of nitrogens with zero attached hydrogens (tertiary/aromatic N) is 3. The van der Waals surface area contributed by atoms with Crippen molar-refractivity contribution in [1.82, 2.24) is 14.8 Å². The van der Waals surface area contributed by atoms with E-state index in [0.29, 0.717) is 29.9 Å². The predicted molar refractivity (Wildman–Crippen MR) is 183 cm³/mol. The first-order chi connectivity index (χ1) is 21.4. The molecule has 0 radical (unpaired) electrons. The first kappa shape index (κ1) is 32.9. The first-order valence-corrected chi connectivity index (χ1v) is 16.9. The van der Waals surface area contributed by atoms with Gasteiger partial charge in [-0.3, -0.25) is 4.79 Å². The number of halogens is 1. The molecule has 0 fully saturated rings. The number of carbonyl (C=O) groups excluding carboxylic acids is 1. The summed E-state index contributed by atoms with van der Waals surface area (Å²) < 4.78 is 13.8. The molecule has 1 atom stereocenters. The zero-order valence-electron chi connectivity index (χ0n) is 27.0. The number of amides is 1. The van der Waals surface area contributed by atoms with Crippen molar-refractivity contribution in [3.05, 3.63) is 82.6 Å². The summed E-state index contributed by atoms with van der Waals surface area (Å²) in [6.45, 7) is 13.6. The molecule has 1 aliphatic rings. The Morgan fingerprint density at radius 1 is 1.13 bits per heavy atom. The van der Waals surface area contributed by atoms with Crippen molar-refractivity contribution in [2.24, 2.45) is 5.92 Å². The molecule has 10 heteroatoms. The highest BCUT2D eigenvalue weighted by Crippen LogP contribution is 2.42. The minimum atomic E-state index is -0.863. The van der Waals surface area contributed by atoms with E-state index in [1.54, 1.807) is 22.6 Å². The third-order valence-corrected chi connectivity index (χ3v) is 9.44. The maximum atomic E-state index is 14.4. The largest absolute Gasteiger partial charge is 0.457 e. The minimum Gasteiger partial charge on any atom is -0.457 e. The molecule has 0 saturated heterocycles. The van der Waals surface area contributed by atoms with E-state index in [2.05, 4.69) is 50.2 Å². The lowest BCUT2D eigenvalue weighted by Gasteiger charge is -2.34. The quantitative estimate of drug-likeness (QED) is 0.185. The molecule has 0 bridgehead atoms. The van der Waals surface area contributed by atoms with Crippen LogP contribution in [0, 0.1) is 5.92 Å². The highest BCUT2D eigenvalue weighted by molar-refractivity contribution is 7.98. The van der Waals surface area contributed by atoms with E-state index < -0.39 is 5.41 Å². The minimum absolute atomic E-state index is 0.0204. The SMILES string of the molecule is CSc1cc(Oc2ccnc3c2CCCOCN3)ccc1C(C)(C(=O)Nc1cc(C(C)(C)C)nn1-c1cccc(Cl)c1)C(C)C. The number of carbonyl (C=O) groups is 1. The molecule has 2 aromatic heterocycles. The molecule has 1 aliphatic heterocycles. The molecule has 238 valence electrons. The number of anilines is 2. The molecular weight excluding hydrogens is 606 g/mol. The molecule has 0 saturated carbocycles. The Kier molecular flexibility index (Phi) is 9.82. The summed E-state index contributed by atoms with van der Waals surface area (Å²) in [6.07, 6.45) is 5.46. The molecule has 4 aromatic rings. The molecule has 5 rings (SSSR count). The third kappa shape index (κ3) is 7.00. The number of hydrogen-bond acceptors (Lipinski definition) is 7. The summed E-state index contributed by atoms with van der Waals surface area (Å²) >= 11 is 7.94. The summed E-state index contributed by atoms with van der Waals surface area (Å²) in [5.74, 6) is 2.71. The standard InChI is InChI=1S/C35H42ClN5O3S/c1-22(2)35(6,33(42)39-31-20-30(34(3,4)5)40-41(31)24-11-8-10-23(36)18-24)27-14-13-25(19-29(27)45-7)44-28-15-16-37-32-26(28)12-9-17-43-21-38-32/h8,10-11,13-16,18-20,22H,9,12,17,21H2,1-7H3,(H,37,38)(H,39,42). The van der Waals surface area contributed by atoms with Crippen molar-refractivity contribution >= 4 is 40.9 Å². The van der Waals surface area contributed by atoms with Crippen LogP contribution in [0.15, 0.2) is 65.7 Å². The molecule has 1 amide bonds. The monoisotopic (exact) mass is 647 g/mol. The Labute approximate surface area is 275 Å². The number of pyridine rings is 1. The van der Waals surface area contributed by atoms with Crippen molar-refractivity contribution < 1.29 is 14.3 Å². The molecule has 1 unspecified atom stereocenters. The van der Waals surface area contributed by atoms with E-state index in [1.807, 2.05) is 67.8 Å². The van der Waals surface area contributed by atoms with Crippen LogP contribution in [0.2, 0.25) is 5.02 Å². The summed E-state index contributed by atoms with van der Waals surface area (Å²) in [7, 11) is 0. The average Bonchev–Trinajstić information content (AvgIpc) is 3.41. The van der Waals surface area contributed by atoms with Gasteiger partial charge in [0.15, 0.2) is 0 Å². The Balaban J connectivity index is 1.49. The second-order valence-corrected chi connectivity index (χ2v) is 14.1. The lowest BCUT2D eigenvalue weighted by molar-refractivity contribution is -0.122. The van der Waals surface area contributed by atoms with Gasteiger partial charge in [0, 0.05) is 39.8 Å². The van der Waals surface area contributed by atoms with Gasteiger partial charge < -0.3 is 20.1 Å². The van der Waals surface area contributed by atoms with Gasteiger partial charge in [0.25, 0.3) is 0 Å². The molecular formula is C35H42ClN5O3S. The number of benzene rings is 2. The average molecular weight is 648 g/mol. The summed E-state index contributed by atoms with van der Waals surface area (Å²) in [6, 6.07) is 17.3. The van der Waals surface area contributed by atoms with E-state index in [4.69, 9.17) is 26.2 Å². The van der Waals surface area contributed by atoms with Crippen LogP contribution in [0.3, 0.4) is 0 Å². The third-order valence-electron chi connectivity index (χ3n) is 8.43. The van der Waals surface area contributed by atoms with E-state index in [9.17, 15) is 4.79 Å². The second-order valence-electron chi connectivity index (χ2n) is 12.8. The van der Waals surface area contributed by atoms with Gasteiger partial charge in [-0.25, -0.2) is 9.67 Å². The van der Waals surface area contributed by atoms with Gasteiger partial charge in [-0.2, -0.15) is 5.10 Å². The van der Waals surface area contributed by atoms with Crippen molar-refractivity contribution in [2.75, 3.05) is 30.2 Å². The van der Waals surface area contributed by atoms with Crippen molar-refractivity contribution in [2.45, 2.75) is 70.1 Å². The van der Waals surface area contributed by atoms with Gasteiger partial charge in [-0.05, 0) is 73.9 Å². The number of fused-ring (bicyclic) bond motifs is 1. The summed E-state index contributed by atoms with van der Waals surface area (Å²) in [4.78, 5) is 19.9. The maximum Gasteiger partial charge on any atom is 0.236 e. The zero-order chi connectivity index (χ0) is 32.4. The fourth-order valence-corrected chi connectivity index (χ4v) is 6.30. The van der Waals surface area contributed by atoms with Crippen molar-refractivity contribution in [1.29, 1.82) is 0 Å². The van der Waals surface area contributed by atoms with Gasteiger partial charge in [-0.15, -0.1) is 11.8 Å². The fraction of sp³-hybridized carbons (Fsp3) is 0.400. The fourth-order valence-electron chi connectivity index (χ4n) is 5.38. The van der Waals surface area contributed by atoms with Gasteiger partial charge in [0.05, 0.1) is 16.8 Å². The van der Waals surface area contributed by atoms with Crippen LogP contribution in [0.5, 0.6) is 11.5 Å². The summed E-state index contributed by atoms with van der Waals surface area (Å²) in [5, 5.41) is 12.0. The lowest BCUT2D eigenvalue weighted by atomic mass is 9.72. The number of hydrogen-bond donors (Lipinski definition) is 2. The van der Waals surface area contributed by atoms with Gasteiger partial charge >= 0.3 is 0 Å². The van der Waals surface area contributed by atoms with E-state index in [-0.39, 0.29) is 17.2 Å². The van der Waals surface area contributed by atoms with Gasteiger partial charge in [-0.1, -0.05) is 58.4 Å². The Hall–Kier alpha value is -3.53. The second kappa shape index (κ2) is 13.4. The Bertz CT molecular complexity index is 1680. The zero-order valence-corrected chi connectivity index (χ0v) is 28.6. The summed E-state index contributed by atoms with van der Waals surface area (Å²) in [5.41, 5.74) is 2.53. The predicted octanol–water partition coefficient (Wildman–Crippen LogP) is 8.62. The van der Waals surface area contributed by atoms with Gasteiger partial charge in [0.2, 0.25) is 5.91 Å². The van der Waals surface area contributed by atoms with Gasteiger partial charge in [0.1, 0.15) is 29.9 Å². The van der Waals surface area contributed by atoms with E-state index in [0.717, 1.165) is 51.8 Å². The number of rotatable bonds is 8.